The van der Waals surface area contributed by atoms with Gasteiger partial charge in [0.2, 0.25) is 0 Å². The van der Waals surface area contributed by atoms with E-state index < -0.39 is 38.4 Å². The van der Waals surface area contributed by atoms with E-state index in [4.69, 9.17) is 25.4 Å². The quantitative estimate of drug-likeness (QED) is 0.398. The SMILES string of the molecule is C[C@H](OP(N)(=O)O)[C@H]1O[C@@H](n2cnc3c(N)ncnc32)[C@H](O)[C@@H]1O. The number of aromatic nitrogens is 4. The Hall–Kier alpha value is -1.66. The summed E-state index contributed by atoms with van der Waals surface area (Å²) < 4.78 is 22.9. The highest BCUT2D eigenvalue weighted by Crippen LogP contribution is 2.39. The number of aliphatic hydroxyl groups is 2. The lowest BCUT2D eigenvalue weighted by Crippen LogP contribution is -2.38. The zero-order valence-corrected chi connectivity index (χ0v) is 13.4. The Morgan fingerprint density at radius 1 is 1.38 bits per heavy atom. The summed E-state index contributed by atoms with van der Waals surface area (Å²) >= 11 is 0. The van der Waals surface area contributed by atoms with Gasteiger partial charge >= 0.3 is 7.75 Å². The van der Waals surface area contributed by atoms with Crippen LogP contribution in [0.5, 0.6) is 0 Å². The molecule has 0 aromatic carbocycles. The van der Waals surface area contributed by atoms with E-state index in [9.17, 15) is 14.8 Å². The van der Waals surface area contributed by atoms with Crippen LogP contribution >= 0.6 is 7.75 Å². The van der Waals surface area contributed by atoms with Crippen LogP contribution in [0.25, 0.3) is 11.2 Å². The first-order valence-corrected chi connectivity index (χ1v) is 8.58. The van der Waals surface area contributed by atoms with Crippen LogP contribution in [0.15, 0.2) is 12.7 Å². The van der Waals surface area contributed by atoms with E-state index in [1.54, 1.807) is 0 Å². The molecule has 132 valence electrons. The maximum Gasteiger partial charge on any atom is 0.400 e. The van der Waals surface area contributed by atoms with Crippen LogP contribution in [-0.4, -0.2) is 59.0 Å². The van der Waals surface area contributed by atoms with Crippen molar-refractivity contribution in [3.05, 3.63) is 12.7 Å². The first kappa shape index (κ1) is 17.2. The van der Waals surface area contributed by atoms with Gasteiger partial charge in [0.15, 0.2) is 17.7 Å². The fourth-order valence-corrected chi connectivity index (χ4v) is 3.25. The van der Waals surface area contributed by atoms with Crippen molar-refractivity contribution in [2.45, 2.75) is 37.6 Å². The maximum atomic E-state index is 11.2. The number of anilines is 1. The second kappa shape index (κ2) is 6.01. The summed E-state index contributed by atoms with van der Waals surface area (Å²) in [6.45, 7) is 1.39. The Bertz CT molecular complexity index is 794. The number of fused-ring (bicyclic) bond motifs is 1. The fraction of sp³-hybridized carbons (Fsp3) is 0.545. The molecule has 12 nitrogen and oxygen atoms in total. The molecular weight excluding hydrogens is 343 g/mol. The van der Waals surface area contributed by atoms with Gasteiger partial charge in [0.25, 0.3) is 0 Å². The molecule has 3 rings (SSSR count). The molecule has 24 heavy (non-hydrogen) atoms. The van der Waals surface area contributed by atoms with Crippen molar-refractivity contribution in [2.24, 2.45) is 5.50 Å². The number of imidazole rings is 1. The second-order valence-corrected chi connectivity index (χ2v) is 6.77. The molecule has 1 saturated heterocycles. The third-order valence-electron chi connectivity index (χ3n) is 3.72. The van der Waals surface area contributed by atoms with E-state index in [1.165, 1.54) is 24.1 Å². The van der Waals surface area contributed by atoms with E-state index >= 15 is 0 Å². The van der Waals surface area contributed by atoms with Gasteiger partial charge in [0.05, 0.1) is 12.4 Å². The normalized spacial score (nSPS) is 31.2. The lowest BCUT2D eigenvalue weighted by atomic mass is 10.1. The largest absolute Gasteiger partial charge is 0.400 e. The molecule has 0 radical (unpaired) electrons. The molecule has 1 aliphatic rings. The summed E-state index contributed by atoms with van der Waals surface area (Å²) in [6.07, 6.45) is -3.36. The average molecular weight is 360 g/mol. The molecule has 1 unspecified atom stereocenters. The molecule has 0 aliphatic carbocycles. The Balaban J connectivity index is 1.89. The van der Waals surface area contributed by atoms with Crippen LogP contribution in [0.3, 0.4) is 0 Å². The zero-order chi connectivity index (χ0) is 17.6. The summed E-state index contributed by atoms with van der Waals surface area (Å²) in [5.41, 5.74) is 11.3. The van der Waals surface area contributed by atoms with E-state index in [-0.39, 0.29) is 5.82 Å². The van der Waals surface area contributed by atoms with Crippen LogP contribution in [0.1, 0.15) is 13.2 Å². The lowest BCUT2D eigenvalue weighted by Gasteiger charge is -2.22. The van der Waals surface area contributed by atoms with Crippen LogP contribution in [-0.2, 0) is 13.8 Å². The van der Waals surface area contributed by atoms with Crippen molar-refractivity contribution in [3.63, 3.8) is 0 Å². The third kappa shape index (κ3) is 3.00. The highest BCUT2D eigenvalue weighted by molar-refractivity contribution is 7.50. The molecule has 3 heterocycles. The lowest BCUT2D eigenvalue weighted by molar-refractivity contribution is -0.0725. The molecule has 7 N–H and O–H groups in total. The van der Waals surface area contributed by atoms with E-state index in [1.807, 2.05) is 0 Å². The average Bonchev–Trinajstić information content (AvgIpc) is 3.01. The fourth-order valence-electron chi connectivity index (χ4n) is 2.66. The smallest absolute Gasteiger partial charge is 0.387 e. The summed E-state index contributed by atoms with van der Waals surface area (Å²) in [5, 5.41) is 20.4. The highest BCUT2D eigenvalue weighted by Gasteiger charge is 2.47. The summed E-state index contributed by atoms with van der Waals surface area (Å²) in [4.78, 5) is 21.0. The van der Waals surface area contributed by atoms with Crippen molar-refractivity contribution in [3.8, 4) is 0 Å². The number of nitrogens with zero attached hydrogens (tertiary/aromatic N) is 4. The number of aliphatic hydroxyl groups excluding tert-OH is 2. The van der Waals surface area contributed by atoms with Gasteiger partial charge in [-0.15, -0.1) is 0 Å². The predicted molar refractivity (Wildman–Crippen MR) is 80.2 cm³/mol. The minimum atomic E-state index is -4.28. The van der Waals surface area contributed by atoms with Gasteiger partial charge in [-0.1, -0.05) is 0 Å². The van der Waals surface area contributed by atoms with Gasteiger partial charge < -0.3 is 25.6 Å². The zero-order valence-electron chi connectivity index (χ0n) is 12.5. The van der Waals surface area contributed by atoms with Crippen molar-refractivity contribution >= 4 is 24.7 Å². The monoisotopic (exact) mass is 360 g/mol. The third-order valence-corrected chi connectivity index (χ3v) is 4.35. The Morgan fingerprint density at radius 3 is 2.75 bits per heavy atom. The first-order valence-electron chi connectivity index (χ1n) is 6.93. The van der Waals surface area contributed by atoms with Crippen molar-refractivity contribution in [1.29, 1.82) is 0 Å². The molecule has 13 heteroatoms. The van der Waals surface area contributed by atoms with E-state index in [0.717, 1.165) is 0 Å². The predicted octanol–water partition coefficient (Wildman–Crippen LogP) is -1.51. The molecule has 1 aliphatic heterocycles. The maximum absolute atomic E-state index is 11.2. The molecule has 0 amide bonds. The number of nitrogens with two attached hydrogens (primary N) is 2. The van der Waals surface area contributed by atoms with Crippen LogP contribution in [0.4, 0.5) is 5.82 Å². The second-order valence-electron chi connectivity index (χ2n) is 5.43. The van der Waals surface area contributed by atoms with Crippen LogP contribution in [0, 0.1) is 0 Å². The molecule has 0 saturated carbocycles. The summed E-state index contributed by atoms with van der Waals surface area (Å²) in [5.74, 6) is 0.157. The van der Waals surface area contributed by atoms with Gasteiger partial charge in [-0.2, -0.15) is 0 Å². The standard InChI is InChI=1S/C11H17N6O6P/c1-4(23-24(13,20)21)8-6(18)7(19)11(22-8)17-3-16-5-9(12)14-2-15-10(5)17/h2-4,6-8,11,18-19H,1H3,(H2,12,14,15)(H3,13,20,21)/t4-,6-,7+,8+,11+/m0/s1. The number of rotatable bonds is 4. The molecule has 0 bridgehead atoms. The number of nitrogen functional groups attached to an aromatic ring is 1. The van der Waals surface area contributed by atoms with Gasteiger partial charge in [-0.25, -0.2) is 25.0 Å². The van der Waals surface area contributed by atoms with E-state index in [2.05, 4.69) is 15.0 Å². The van der Waals surface area contributed by atoms with Gasteiger partial charge in [0, 0.05) is 0 Å². The molecule has 6 atom stereocenters. The van der Waals surface area contributed by atoms with E-state index in [0.29, 0.717) is 11.2 Å². The summed E-state index contributed by atoms with van der Waals surface area (Å²) in [6, 6.07) is 0. The van der Waals surface area contributed by atoms with Crippen molar-refractivity contribution in [2.75, 3.05) is 5.73 Å². The van der Waals surface area contributed by atoms with Crippen molar-refractivity contribution in [1.82, 2.24) is 19.5 Å². The number of ether oxygens (including phenoxy) is 1. The van der Waals surface area contributed by atoms with Gasteiger partial charge in [-0.3, -0.25) is 9.09 Å². The topological polar surface area (TPSA) is 192 Å². The van der Waals surface area contributed by atoms with Crippen molar-refractivity contribution < 1.29 is 28.9 Å². The molecule has 2 aromatic heterocycles. The Kier molecular flexibility index (Phi) is 4.30. The highest BCUT2D eigenvalue weighted by atomic mass is 31.2. The van der Waals surface area contributed by atoms with Gasteiger partial charge in [-0.05, 0) is 6.92 Å². The number of hydrogen-bond donors (Lipinski definition) is 5. The minimum absolute atomic E-state index is 0.157. The minimum Gasteiger partial charge on any atom is -0.387 e. The first-order chi connectivity index (χ1) is 11.2. The molecule has 2 aromatic rings. The molecule has 1 fully saturated rings. The Labute approximate surface area is 135 Å². The van der Waals surface area contributed by atoms with Crippen LogP contribution in [0.2, 0.25) is 0 Å². The molecule has 0 spiro atoms. The number of hydrogen-bond acceptors (Lipinski definition) is 9. The molecular formula is C11H17N6O6P. The Morgan fingerprint density at radius 2 is 2.08 bits per heavy atom. The summed E-state index contributed by atoms with van der Waals surface area (Å²) in [7, 11) is -4.28. The van der Waals surface area contributed by atoms with Crippen LogP contribution < -0.4 is 11.2 Å². The van der Waals surface area contributed by atoms with Gasteiger partial charge in [0.1, 0.15) is 30.2 Å².